The molecule has 0 aromatic carbocycles. The summed E-state index contributed by atoms with van der Waals surface area (Å²) in [7, 11) is 0. The third kappa shape index (κ3) is 6.64. The highest BCUT2D eigenvalue weighted by Crippen LogP contribution is 2.24. The third-order valence-electron chi connectivity index (χ3n) is 3.20. The van der Waals surface area contributed by atoms with E-state index in [4.69, 9.17) is 10.2 Å². The van der Waals surface area contributed by atoms with Crippen LogP contribution in [0.15, 0.2) is 0 Å². The molecule has 0 aliphatic carbocycles. The minimum Gasteiger partial charge on any atom is -0.480 e. The summed E-state index contributed by atoms with van der Waals surface area (Å²) in [6.07, 6.45) is 0. The molecule has 110 valence electrons. The van der Waals surface area contributed by atoms with Gasteiger partial charge in [-0.15, -0.1) is 0 Å². The number of carboxylic acids is 2. The van der Waals surface area contributed by atoms with Crippen LogP contribution in [0.5, 0.6) is 0 Å². The summed E-state index contributed by atoms with van der Waals surface area (Å²) < 4.78 is 0. The molecule has 0 saturated heterocycles. The zero-order chi connectivity index (χ0) is 15.2. The fourth-order valence-electron chi connectivity index (χ4n) is 1.15. The molecule has 0 bridgehead atoms. The first kappa shape index (κ1) is 17.2. The van der Waals surface area contributed by atoms with E-state index < -0.39 is 31.1 Å². The lowest BCUT2D eigenvalue weighted by Crippen LogP contribution is -2.48. The van der Waals surface area contributed by atoms with E-state index in [-0.39, 0.29) is 5.41 Å². The van der Waals surface area contributed by atoms with E-state index in [1.54, 1.807) is 0 Å². The maximum absolute atomic E-state index is 11.8. The average molecular weight is 274 g/mol. The number of amides is 2. The number of aliphatic carboxylic acids is 2. The van der Waals surface area contributed by atoms with Gasteiger partial charge < -0.3 is 20.4 Å². The first-order valence-corrected chi connectivity index (χ1v) is 6.02. The molecule has 0 unspecified atom stereocenters. The highest BCUT2D eigenvalue weighted by Gasteiger charge is 2.25. The largest absolute Gasteiger partial charge is 0.480 e. The highest BCUT2D eigenvalue weighted by atomic mass is 16.4. The number of urea groups is 1. The van der Waals surface area contributed by atoms with Crippen LogP contribution in [0.4, 0.5) is 4.79 Å². The van der Waals surface area contributed by atoms with Crippen molar-refractivity contribution in [3.8, 4) is 0 Å². The molecule has 0 aliphatic heterocycles. The number of nitrogens with zero attached hydrogens (tertiary/aromatic N) is 1. The van der Waals surface area contributed by atoms with E-state index in [9.17, 15) is 14.4 Å². The molecule has 0 aromatic rings. The van der Waals surface area contributed by atoms with E-state index >= 15 is 0 Å². The summed E-state index contributed by atoms with van der Waals surface area (Å²) in [5.41, 5.74) is -0.159. The molecular weight excluding hydrogens is 252 g/mol. The lowest BCUT2D eigenvalue weighted by Gasteiger charge is -2.30. The zero-order valence-corrected chi connectivity index (χ0v) is 11.8. The summed E-state index contributed by atoms with van der Waals surface area (Å²) in [4.78, 5) is 33.7. The Bertz CT molecular complexity index is 336. The minimum absolute atomic E-state index is 0.159. The van der Waals surface area contributed by atoms with Crippen LogP contribution in [0.25, 0.3) is 0 Å². The van der Waals surface area contributed by atoms with Crippen LogP contribution in [-0.4, -0.2) is 52.7 Å². The average Bonchev–Trinajstić information content (AvgIpc) is 2.23. The van der Waals surface area contributed by atoms with Crippen LogP contribution in [0.3, 0.4) is 0 Å². The van der Waals surface area contributed by atoms with E-state index in [1.165, 1.54) is 0 Å². The van der Waals surface area contributed by atoms with Crippen molar-refractivity contribution in [1.29, 1.82) is 0 Å². The van der Waals surface area contributed by atoms with Crippen molar-refractivity contribution in [2.24, 2.45) is 11.3 Å². The Kier molecular flexibility index (Phi) is 6.31. The van der Waals surface area contributed by atoms with Gasteiger partial charge in [0.15, 0.2) is 0 Å². The number of carbonyl (C=O) groups excluding carboxylic acids is 1. The van der Waals surface area contributed by atoms with Crippen molar-refractivity contribution in [2.45, 2.75) is 27.7 Å². The topological polar surface area (TPSA) is 107 Å². The van der Waals surface area contributed by atoms with E-state index in [0.29, 0.717) is 12.5 Å². The molecule has 19 heavy (non-hydrogen) atoms. The van der Waals surface area contributed by atoms with Crippen LogP contribution >= 0.6 is 0 Å². The standard InChI is InChI=1S/C12H22N2O5/c1-8(2)12(3,4)7-13-11(19)14(5-9(15)16)6-10(17)18/h8H,5-7H2,1-4H3,(H,13,19)(H,15,16)(H,17,18). The fraction of sp³-hybridized carbons (Fsp3) is 0.750. The maximum atomic E-state index is 11.8. The van der Waals surface area contributed by atoms with Crippen LogP contribution in [0.1, 0.15) is 27.7 Å². The predicted molar refractivity (Wildman–Crippen MR) is 68.9 cm³/mol. The molecule has 2 amide bonds. The molecule has 0 radical (unpaired) electrons. The van der Waals surface area contributed by atoms with Crippen LogP contribution in [-0.2, 0) is 9.59 Å². The molecule has 7 nitrogen and oxygen atoms in total. The smallest absolute Gasteiger partial charge is 0.323 e. The Hall–Kier alpha value is -1.79. The molecule has 0 fully saturated rings. The van der Waals surface area contributed by atoms with Gasteiger partial charge in [0.05, 0.1) is 0 Å². The molecule has 0 spiro atoms. The summed E-state index contributed by atoms with van der Waals surface area (Å²) in [6.45, 7) is 7.03. The Labute approximate surface area is 112 Å². The van der Waals surface area contributed by atoms with Crippen molar-refractivity contribution in [3.63, 3.8) is 0 Å². The first-order valence-electron chi connectivity index (χ1n) is 6.02. The predicted octanol–water partition coefficient (Wildman–Crippen LogP) is 0.849. The number of hydrogen-bond donors (Lipinski definition) is 3. The summed E-state index contributed by atoms with van der Waals surface area (Å²) >= 11 is 0. The minimum atomic E-state index is -1.25. The quantitative estimate of drug-likeness (QED) is 0.638. The van der Waals surface area contributed by atoms with Gasteiger partial charge in [0, 0.05) is 6.54 Å². The van der Waals surface area contributed by atoms with E-state index in [2.05, 4.69) is 5.32 Å². The van der Waals surface area contributed by atoms with Crippen molar-refractivity contribution in [3.05, 3.63) is 0 Å². The lowest BCUT2D eigenvalue weighted by molar-refractivity contribution is -0.140. The number of nitrogens with one attached hydrogen (secondary N) is 1. The SMILES string of the molecule is CC(C)C(C)(C)CNC(=O)N(CC(=O)O)CC(=O)O. The lowest BCUT2D eigenvalue weighted by atomic mass is 9.81. The molecular formula is C12H22N2O5. The van der Waals surface area contributed by atoms with Crippen LogP contribution in [0, 0.1) is 11.3 Å². The van der Waals surface area contributed by atoms with Gasteiger partial charge in [-0.2, -0.15) is 0 Å². The van der Waals surface area contributed by atoms with Gasteiger partial charge in [0.25, 0.3) is 0 Å². The van der Waals surface area contributed by atoms with Gasteiger partial charge in [-0.05, 0) is 11.3 Å². The first-order chi connectivity index (χ1) is 8.56. The molecule has 0 aliphatic rings. The summed E-state index contributed by atoms with van der Waals surface area (Å²) in [6, 6.07) is -0.682. The van der Waals surface area contributed by atoms with Gasteiger partial charge in [-0.1, -0.05) is 27.7 Å². The van der Waals surface area contributed by atoms with Crippen molar-refractivity contribution in [2.75, 3.05) is 19.6 Å². The number of carbonyl (C=O) groups is 3. The van der Waals surface area contributed by atoms with E-state index in [1.807, 2.05) is 27.7 Å². The Balaban J connectivity index is 4.56. The molecule has 0 atom stereocenters. The molecule has 0 heterocycles. The fourth-order valence-corrected chi connectivity index (χ4v) is 1.15. The molecule has 3 N–H and O–H groups in total. The Morgan fingerprint density at radius 3 is 1.84 bits per heavy atom. The van der Waals surface area contributed by atoms with Gasteiger partial charge in [0.1, 0.15) is 13.1 Å². The van der Waals surface area contributed by atoms with E-state index in [0.717, 1.165) is 4.90 Å². The second-order valence-corrected chi connectivity index (χ2v) is 5.45. The zero-order valence-electron chi connectivity index (χ0n) is 11.8. The molecule has 7 heteroatoms. The second kappa shape index (κ2) is 6.96. The van der Waals surface area contributed by atoms with Crippen molar-refractivity contribution in [1.82, 2.24) is 10.2 Å². The van der Waals surface area contributed by atoms with Gasteiger partial charge in [0.2, 0.25) is 0 Å². The Morgan fingerprint density at radius 2 is 1.53 bits per heavy atom. The third-order valence-corrected chi connectivity index (χ3v) is 3.20. The molecule has 0 saturated carbocycles. The van der Waals surface area contributed by atoms with Crippen molar-refractivity contribution >= 4 is 18.0 Å². The maximum Gasteiger partial charge on any atom is 0.323 e. The van der Waals surface area contributed by atoms with Crippen LogP contribution < -0.4 is 5.32 Å². The second-order valence-electron chi connectivity index (χ2n) is 5.45. The normalized spacial score (nSPS) is 11.2. The molecule has 0 aromatic heterocycles. The summed E-state index contributed by atoms with van der Waals surface area (Å²) in [5, 5.41) is 19.9. The van der Waals surface area contributed by atoms with Gasteiger partial charge in [-0.3, -0.25) is 9.59 Å². The number of rotatable bonds is 7. The van der Waals surface area contributed by atoms with Crippen LogP contribution in [0.2, 0.25) is 0 Å². The van der Waals surface area contributed by atoms with Crippen molar-refractivity contribution < 1.29 is 24.6 Å². The highest BCUT2D eigenvalue weighted by molar-refractivity contribution is 5.84. The van der Waals surface area contributed by atoms with Gasteiger partial charge in [-0.25, -0.2) is 4.79 Å². The van der Waals surface area contributed by atoms with Gasteiger partial charge >= 0.3 is 18.0 Å². The Morgan fingerprint density at radius 1 is 1.11 bits per heavy atom. The number of carboxylic acid groups (broad SMARTS) is 2. The monoisotopic (exact) mass is 274 g/mol. The molecule has 0 rings (SSSR count). The number of hydrogen-bond acceptors (Lipinski definition) is 3. The summed E-state index contributed by atoms with van der Waals surface area (Å²) in [5.74, 6) is -2.18.